The van der Waals surface area contributed by atoms with Crippen molar-refractivity contribution in [3.8, 4) is 5.75 Å². The van der Waals surface area contributed by atoms with Crippen LogP contribution >= 0.6 is 0 Å². The molecule has 0 saturated carbocycles. The molecule has 0 bridgehead atoms. The highest BCUT2D eigenvalue weighted by atomic mass is 19.1. The van der Waals surface area contributed by atoms with Gasteiger partial charge in [0.15, 0.2) is 0 Å². The number of nitrogens with two attached hydrogens (primary N) is 1. The average Bonchev–Trinajstić information content (AvgIpc) is 2.54. The van der Waals surface area contributed by atoms with Crippen LogP contribution in [-0.2, 0) is 17.9 Å². The molecule has 0 aliphatic heterocycles. The van der Waals surface area contributed by atoms with Gasteiger partial charge in [0.1, 0.15) is 24.2 Å². The van der Waals surface area contributed by atoms with Crippen molar-refractivity contribution in [2.24, 2.45) is 5.73 Å². The molecule has 0 aliphatic rings. The number of hydrogen-bond acceptors (Lipinski definition) is 4. The summed E-state index contributed by atoms with van der Waals surface area (Å²) < 4.78 is 18.7. The second kappa shape index (κ2) is 8.26. The minimum Gasteiger partial charge on any atom is -0.489 e. The third kappa shape index (κ3) is 5.36. The standard InChI is InChI=1S/C17H19FN2O3/c18-14-3-1-2-13(8-14)11-23-15-6-4-12(5-7-15)9-20-16(10-21)17(19)22/h1-8,16,20-21H,9-11H2,(H2,19,22). The van der Waals surface area contributed by atoms with E-state index in [4.69, 9.17) is 15.6 Å². The van der Waals surface area contributed by atoms with E-state index in [1.807, 2.05) is 12.1 Å². The minimum absolute atomic E-state index is 0.281. The van der Waals surface area contributed by atoms with Gasteiger partial charge in [-0.15, -0.1) is 0 Å². The normalized spacial score (nSPS) is 11.9. The maximum Gasteiger partial charge on any atom is 0.236 e. The highest BCUT2D eigenvalue weighted by molar-refractivity contribution is 5.79. The molecule has 0 saturated heterocycles. The van der Waals surface area contributed by atoms with Gasteiger partial charge in [-0.3, -0.25) is 10.1 Å². The summed E-state index contributed by atoms with van der Waals surface area (Å²) in [6.07, 6.45) is 0. The minimum atomic E-state index is -0.765. The summed E-state index contributed by atoms with van der Waals surface area (Å²) in [7, 11) is 0. The third-order valence-corrected chi connectivity index (χ3v) is 3.30. The van der Waals surface area contributed by atoms with Gasteiger partial charge in [-0.25, -0.2) is 4.39 Å². The number of aliphatic hydroxyl groups is 1. The first-order valence-corrected chi connectivity index (χ1v) is 7.18. The third-order valence-electron chi connectivity index (χ3n) is 3.30. The summed E-state index contributed by atoms with van der Waals surface area (Å²) in [4.78, 5) is 11.0. The van der Waals surface area contributed by atoms with Crippen LogP contribution in [0.4, 0.5) is 4.39 Å². The zero-order chi connectivity index (χ0) is 16.7. The summed E-state index contributed by atoms with van der Waals surface area (Å²) in [5.74, 6) is -0.227. The predicted octanol–water partition coefficient (Wildman–Crippen LogP) is 1.34. The number of primary amides is 1. The Labute approximate surface area is 133 Å². The van der Waals surface area contributed by atoms with Crippen molar-refractivity contribution in [3.05, 3.63) is 65.5 Å². The quantitative estimate of drug-likeness (QED) is 0.686. The Bertz CT molecular complexity index is 647. The summed E-state index contributed by atoms with van der Waals surface area (Å²) >= 11 is 0. The first-order valence-electron chi connectivity index (χ1n) is 7.18. The molecule has 0 heterocycles. The molecule has 2 aromatic carbocycles. The molecule has 0 fully saturated rings. The molecule has 4 N–H and O–H groups in total. The van der Waals surface area contributed by atoms with Crippen molar-refractivity contribution < 1.29 is 19.0 Å². The molecule has 1 unspecified atom stereocenters. The summed E-state index contributed by atoms with van der Waals surface area (Å²) in [6.45, 7) is 0.339. The van der Waals surface area contributed by atoms with Crippen LogP contribution in [0.5, 0.6) is 5.75 Å². The van der Waals surface area contributed by atoms with Crippen LogP contribution in [0.3, 0.4) is 0 Å². The number of carbonyl (C=O) groups excluding carboxylic acids is 1. The fraction of sp³-hybridized carbons (Fsp3) is 0.235. The number of carbonyl (C=O) groups is 1. The maximum atomic E-state index is 13.1. The van der Waals surface area contributed by atoms with Gasteiger partial charge < -0.3 is 15.6 Å². The monoisotopic (exact) mass is 318 g/mol. The number of benzene rings is 2. The Morgan fingerprint density at radius 3 is 2.57 bits per heavy atom. The lowest BCUT2D eigenvalue weighted by Gasteiger charge is -2.13. The molecule has 1 atom stereocenters. The molecule has 0 aliphatic carbocycles. The molecule has 23 heavy (non-hydrogen) atoms. The second-order valence-electron chi connectivity index (χ2n) is 5.08. The van der Waals surface area contributed by atoms with Gasteiger partial charge in [0.05, 0.1) is 6.61 Å². The van der Waals surface area contributed by atoms with E-state index in [0.717, 1.165) is 11.1 Å². The smallest absolute Gasteiger partial charge is 0.236 e. The molecule has 0 spiro atoms. The van der Waals surface area contributed by atoms with Crippen molar-refractivity contribution in [2.75, 3.05) is 6.61 Å². The van der Waals surface area contributed by atoms with Crippen LogP contribution in [0.2, 0.25) is 0 Å². The summed E-state index contributed by atoms with van der Waals surface area (Å²) in [6, 6.07) is 12.7. The molecular weight excluding hydrogens is 299 g/mol. The van der Waals surface area contributed by atoms with Crippen LogP contribution in [0.25, 0.3) is 0 Å². The van der Waals surface area contributed by atoms with Gasteiger partial charge in [0, 0.05) is 6.54 Å². The van der Waals surface area contributed by atoms with Gasteiger partial charge in [0.2, 0.25) is 5.91 Å². The first kappa shape index (κ1) is 16.9. The lowest BCUT2D eigenvalue weighted by molar-refractivity contribution is -0.120. The summed E-state index contributed by atoms with van der Waals surface area (Å²) in [5.41, 5.74) is 6.80. The molecule has 1 amide bonds. The second-order valence-corrected chi connectivity index (χ2v) is 5.08. The van der Waals surface area contributed by atoms with E-state index < -0.39 is 11.9 Å². The molecule has 6 heteroatoms. The highest BCUT2D eigenvalue weighted by Crippen LogP contribution is 2.14. The van der Waals surface area contributed by atoms with Gasteiger partial charge in [0.25, 0.3) is 0 Å². The molecule has 2 aromatic rings. The molecule has 122 valence electrons. The van der Waals surface area contributed by atoms with E-state index in [9.17, 15) is 9.18 Å². The fourth-order valence-corrected chi connectivity index (χ4v) is 1.99. The van der Waals surface area contributed by atoms with E-state index in [1.54, 1.807) is 24.3 Å². The topological polar surface area (TPSA) is 84.6 Å². The van der Waals surface area contributed by atoms with Gasteiger partial charge in [-0.2, -0.15) is 0 Å². The molecule has 5 nitrogen and oxygen atoms in total. The lowest BCUT2D eigenvalue weighted by Crippen LogP contribution is -2.43. The first-order chi connectivity index (χ1) is 11.1. The number of ether oxygens (including phenoxy) is 1. The number of nitrogens with one attached hydrogen (secondary N) is 1. The molecule has 0 radical (unpaired) electrons. The fourth-order valence-electron chi connectivity index (χ4n) is 1.99. The Balaban J connectivity index is 1.85. The highest BCUT2D eigenvalue weighted by Gasteiger charge is 2.12. The number of amides is 1. The van der Waals surface area contributed by atoms with Crippen LogP contribution in [0.15, 0.2) is 48.5 Å². The van der Waals surface area contributed by atoms with Crippen LogP contribution in [-0.4, -0.2) is 23.7 Å². The molecule has 2 rings (SSSR count). The van der Waals surface area contributed by atoms with E-state index in [0.29, 0.717) is 12.3 Å². The zero-order valence-corrected chi connectivity index (χ0v) is 12.5. The number of hydrogen-bond donors (Lipinski definition) is 3. The van der Waals surface area contributed by atoms with Gasteiger partial charge >= 0.3 is 0 Å². The Morgan fingerprint density at radius 1 is 1.22 bits per heavy atom. The average molecular weight is 318 g/mol. The van der Waals surface area contributed by atoms with E-state index in [1.165, 1.54) is 12.1 Å². The number of aliphatic hydroxyl groups excluding tert-OH is 1. The van der Waals surface area contributed by atoms with Crippen LogP contribution in [0.1, 0.15) is 11.1 Å². The van der Waals surface area contributed by atoms with Crippen molar-refractivity contribution in [1.82, 2.24) is 5.32 Å². The van der Waals surface area contributed by atoms with Gasteiger partial charge in [-0.05, 0) is 35.4 Å². The van der Waals surface area contributed by atoms with Crippen LogP contribution < -0.4 is 15.8 Å². The van der Waals surface area contributed by atoms with Crippen molar-refractivity contribution in [2.45, 2.75) is 19.2 Å². The van der Waals surface area contributed by atoms with Crippen molar-refractivity contribution >= 4 is 5.91 Å². The molecule has 0 aromatic heterocycles. The number of rotatable bonds is 8. The lowest BCUT2D eigenvalue weighted by atomic mass is 10.2. The zero-order valence-electron chi connectivity index (χ0n) is 12.5. The Kier molecular flexibility index (Phi) is 6.08. The Morgan fingerprint density at radius 2 is 1.96 bits per heavy atom. The van der Waals surface area contributed by atoms with E-state index in [-0.39, 0.29) is 19.0 Å². The molecular formula is C17H19FN2O3. The number of halogens is 1. The maximum absolute atomic E-state index is 13.1. The summed E-state index contributed by atoms with van der Waals surface area (Å²) in [5, 5.41) is 11.9. The largest absolute Gasteiger partial charge is 0.489 e. The Hall–Kier alpha value is -2.44. The van der Waals surface area contributed by atoms with E-state index in [2.05, 4.69) is 5.32 Å². The van der Waals surface area contributed by atoms with Gasteiger partial charge in [-0.1, -0.05) is 24.3 Å². The van der Waals surface area contributed by atoms with Crippen molar-refractivity contribution in [1.29, 1.82) is 0 Å². The van der Waals surface area contributed by atoms with Crippen molar-refractivity contribution in [3.63, 3.8) is 0 Å². The SMILES string of the molecule is NC(=O)C(CO)NCc1ccc(OCc2cccc(F)c2)cc1. The van der Waals surface area contributed by atoms with Crippen LogP contribution in [0, 0.1) is 5.82 Å². The van der Waals surface area contributed by atoms with E-state index >= 15 is 0 Å². The predicted molar refractivity (Wildman–Crippen MR) is 84.1 cm³/mol.